The van der Waals surface area contributed by atoms with E-state index in [1.54, 1.807) is 0 Å². The molecule has 0 saturated carbocycles. The molecule has 1 N–H and O–H groups in total. The van der Waals surface area contributed by atoms with Crippen molar-refractivity contribution in [1.29, 1.82) is 0 Å². The highest BCUT2D eigenvalue weighted by atomic mass is 16.3. The minimum atomic E-state index is 0.152. The Morgan fingerprint density at radius 3 is 2.59 bits per heavy atom. The van der Waals surface area contributed by atoms with Crippen LogP contribution in [0.25, 0.3) is 0 Å². The van der Waals surface area contributed by atoms with Gasteiger partial charge in [0.25, 0.3) is 0 Å². The topological polar surface area (TPSA) is 44.5 Å². The Balaban J connectivity index is 1.29. The van der Waals surface area contributed by atoms with Gasteiger partial charge in [0, 0.05) is 31.2 Å². The molecule has 2 aliphatic rings. The molecule has 0 bridgehead atoms. The lowest BCUT2D eigenvalue weighted by Crippen LogP contribution is -2.48. The zero-order valence-corrected chi connectivity index (χ0v) is 16.2. The van der Waals surface area contributed by atoms with E-state index in [2.05, 4.69) is 51.3 Å². The average molecular weight is 369 g/mol. The van der Waals surface area contributed by atoms with E-state index in [-0.39, 0.29) is 6.61 Å². The van der Waals surface area contributed by atoms with Gasteiger partial charge in [-0.05, 0) is 56.9 Å². The minimum absolute atomic E-state index is 0.152. The van der Waals surface area contributed by atoms with Gasteiger partial charge in [0.1, 0.15) is 0 Å². The molecule has 2 aliphatic heterocycles. The molecule has 2 aromatic rings. The first kappa shape index (κ1) is 18.7. The molecule has 1 aromatic carbocycles. The van der Waals surface area contributed by atoms with Crippen molar-refractivity contribution in [3.05, 3.63) is 53.9 Å². The number of aliphatic hydroxyl groups is 1. The summed E-state index contributed by atoms with van der Waals surface area (Å²) >= 11 is 0. The van der Waals surface area contributed by atoms with Crippen LogP contribution in [-0.2, 0) is 13.1 Å². The second-order valence-electron chi connectivity index (χ2n) is 8.05. The lowest BCUT2D eigenvalue weighted by atomic mass is 9.92. The van der Waals surface area contributed by atoms with Crippen molar-refractivity contribution in [3.8, 4) is 0 Å². The first-order valence-electron chi connectivity index (χ1n) is 10.5. The molecule has 2 fully saturated rings. The Kier molecular flexibility index (Phi) is 6.22. The van der Waals surface area contributed by atoms with Crippen LogP contribution in [0.1, 0.15) is 42.9 Å². The summed E-state index contributed by atoms with van der Waals surface area (Å²) in [5, 5.41) is 13.8. The van der Waals surface area contributed by atoms with Crippen LogP contribution in [0.3, 0.4) is 0 Å². The van der Waals surface area contributed by atoms with Gasteiger partial charge >= 0.3 is 0 Å². The van der Waals surface area contributed by atoms with Gasteiger partial charge in [-0.15, -0.1) is 0 Å². The lowest BCUT2D eigenvalue weighted by molar-refractivity contribution is 0.0816. The smallest absolute Gasteiger partial charge is 0.0668 e. The van der Waals surface area contributed by atoms with Crippen LogP contribution in [0.5, 0.6) is 0 Å². The van der Waals surface area contributed by atoms with Crippen LogP contribution in [0.15, 0.2) is 42.6 Å². The Morgan fingerprint density at radius 2 is 1.81 bits per heavy atom. The number of likely N-dealkylation sites (tertiary alicyclic amines) is 2. The Morgan fingerprint density at radius 1 is 1.00 bits per heavy atom. The Bertz CT molecular complexity index is 693. The van der Waals surface area contributed by atoms with Crippen LogP contribution in [0, 0.1) is 0 Å². The summed E-state index contributed by atoms with van der Waals surface area (Å²) in [5.74, 6) is 0.543. The highest BCUT2D eigenvalue weighted by Crippen LogP contribution is 2.29. The van der Waals surface area contributed by atoms with Gasteiger partial charge in [0.05, 0.1) is 18.8 Å². The number of benzene rings is 1. The maximum Gasteiger partial charge on any atom is 0.0668 e. The zero-order valence-electron chi connectivity index (χ0n) is 16.2. The van der Waals surface area contributed by atoms with E-state index in [1.165, 1.54) is 56.6 Å². The third-order valence-electron chi connectivity index (χ3n) is 6.18. The van der Waals surface area contributed by atoms with Crippen LogP contribution in [-0.4, -0.2) is 63.5 Å². The molecule has 0 spiro atoms. The summed E-state index contributed by atoms with van der Waals surface area (Å²) in [7, 11) is 0. The molecule has 5 heteroatoms. The van der Waals surface area contributed by atoms with Gasteiger partial charge in [-0.25, -0.2) is 0 Å². The number of piperidine rings is 2. The maximum absolute atomic E-state index is 9.09. The van der Waals surface area contributed by atoms with Crippen LogP contribution < -0.4 is 0 Å². The number of nitrogens with zero attached hydrogens (tertiary/aromatic N) is 4. The highest BCUT2D eigenvalue weighted by molar-refractivity contribution is 5.14. The molecule has 1 aromatic heterocycles. The third kappa shape index (κ3) is 4.78. The van der Waals surface area contributed by atoms with E-state index in [9.17, 15) is 0 Å². The average Bonchev–Trinajstić information content (AvgIpc) is 3.19. The fourth-order valence-corrected chi connectivity index (χ4v) is 4.69. The van der Waals surface area contributed by atoms with E-state index in [0.717, 1.165) is 19.1 Å². The summed E-state index contributed by atoms with van der Waals surface area (Å²) in [5.41, 5.74) is 2.63. The molecule has 5 nitrogen and oxygen atoms in total. The first-order chi connectivity index (χ1) is 13.3. The zero-order chi connectivity index (χ0) is 18.5. The molecule has 0 amide bonds. The molecule has 0 aliphatic carbocycles. The molecule has 0 unspecified atom stereocenters. The van der Waals surface area contributed by atoms with Crippen LogP contribution in [0.4, 0.5) is 0 Å². The molecular weight excluding hydrogens is 336 g/mol. The van der Waals surface area contributed by atoms with Gasteiger partial charge < -0.3 is 5.11 Å². The monoisotopic (exact) mass is 368 g/mol. The van der Waals surface area contributed by atoms with E-state index >= 15 is 0 Å². The van der Waals surface area contributed by atoms with Gasteiger partial charge in [0.2, 0.25) is 0 Å². The standard InChI is InChI=1S/C22H32N4O/c27-16-15-26-14-10-22(23-26)20-7-4-11-25(18-20)21-8-12-24(13-9-21)17-19-5-2-1-3-6-19/h1-3,5-6,10,14,20-21,27H,4,7-9,11-13,15-18H2/t20-/m0/s1. The first-order valence-corrected chi connectivity index (χ1v) is 10.5. The van der Waals surface area contributed by atoms with Crippen LogP contribution >= 0.6 is 0 Å². The summed E-state index contributed by atoms with van der Waals surface area (Å²) in [6.07, 6.45) is 7.06. The molecular formula is C22H32N4O. The predicted molar refractivity (Wildman–Crippen MR) is 108 cm³/mol. The molecule has 2 saturated heterocycles. The van der Waals surface area contributed by atoms with Gasteiger partial charge in [-0.1, -0.05) is 30.3 Å². The Labute approximate surface area is 162 Å². The van der Waals surface area contributed by atoms with E-state index < -0.39 is 0 Å². The van der Waals surface area contributed by atoms with Gasteiger partial charge in [0.15, 0.2) is 0 Å². The van der Waals surface area contributed by atoms with Crippen molar-refractivity contribution >= 4 is 0 Å². The number of hydrogen-bond donors (Lipinski definition) is 1. The van der Waals surface area contributed by atoms with Gasteiger partial charge in [-0.3, -0.25) is 14.5 Å². The van der Waals surface area contributed by atoms with Crippen molar-refractivity contribution < 1.29 is 5.11 Å². The SMILES string of the molecule is OCCn1ccc([C@H]2CCCN(C3CCN(Cc4ccccc4)CC3)C2)n1. The van der Waals surface area contributed by atoms with Crippen molar-refractivity contribution in [2.24, 2.45) is 0 Å². The predicted octanol–water partition coefficient (Wildman–Crippen LogP) is 2.72. The summed E-state index contributed by atoms with van der Waals surface area (Å²) in [6, 6.07) is 13.7. The number of rotatable bonds is 6. The maximum atomic E-state index is 9.09. The number of hydrogen-bond acceptors (Lipinski definition) is 4. The molecule has 27 heavy (non-hydrogen) atoms. The number of aromatic nitrogens is 2. The second kappa shape index (κ2) is 9.00. The summed E-state index contributed by atoms with van der Waals surface area (Å²) in [6.45, 7) is 6.60. The quantitative estimate of drug-likeness (QED) is 0.852. The largest absolute Gasteiger partial charge is 0.394 e. The van der Waals surface area contributed by atoms with E-state index in [0.29, 0.717) is 12.5 Å². The summed E-state index contributed by atoms with van der Waals surface area (Å²) in [4.78, 5) is 5.32. The Hall–Kier alpha value is -1.69. The van der Waals surface area contributed by atoms with E-state index in [1.807, 2.05) is 10.9 Å². The minimum Gasteiger partial charge on any atom is -0.394 e. The lowest BCUT2D eigenvalue weighted by Gasteiger charge is -2.42. The molecule has 4 rings (SSSR count). The second-order valence-corrected chi connectivity index (χ2v) is 8.05. The molecule has 1 atom stereocenters. The fraction of sp³-hybridized carbons (Fsp3) is 0.591. The highest BCUT2D eigenvalue weighted by Gasteiger charge is 2.30. The molecule has 3 heterocycles. The van der Waals surface area contributed by atoms with Crippen molar-refractivity contribution in [2.75, 3.05) is 32.8 Å². The van der Waals surface area contributed by atoms with Crippen molar-refractivity contribution in [1.82, 2.24) is 19.6 Å². The third-order valence-corrected chi connectivity index (χ3v) is 6.18. The fourth-order valence-electron chi connectivity index (χ4n) is 4.69. The molecule has 0 radical (unpaired) electrons. The summed E-state index contributed by atoms with van der Waals surface area (Å²) < 4.78 is 1.87. The number of aliphatic hydroxyl groups excluding tert-OH is 1. The van der Waals surface area contributed by atoms with Gasteiger partial charge in [-0.2, -0.15) is 5.10 Å². The molecule has 146 valence electrons. The van der Waals surface area contributed by atoms with Crippen LogP contribution in [0.2, 0.25) is 0 Å². The van der Waals surface area contributed by atoms with Crippen molar-refractivity contribution in [2.45, 2.75) is 50.7 Å². The van der Waals surface area contributed by atoms with E-state index in [4.69, 9.17) is 5.11 Å². The van der Waals surface area contributed by atoms with Crippen molar-refractivity contribution in [3.63, 3.8) is 0 Å². The normalized spacial score (nSPS) is 22.9.